The Hall–Kier alpha value is -4.50. The molecule has 0 fully saturated rings. The number of thiazole rings is 1. The minimum Gasteiger partial charge on any atom is -0.497 e. The van der Waals surface area contributed by atoms with E-state index in [-0.39, 0.29) is 5.91 Å². The number of amides is 2. The van der Waals surface area contributed by atoms with Gasteiger partial charge in [0.05, 0.1) is 29.6 Å². The molecule has 5 rings (SSSR count). The molecular formula is C25H19N5O3S. The van der Waals surface area contributed by atoms with Gasteiger partial charge in [-0.3, -0.25) is 14.9 Å². The summed E-state index contributed by atoms with van der Waals surface area (Å²) in [5.41, 5.74) is 9.69. The first-order chi connectivity index (χ1) is 16.5. The average Bonchev–Trinajstić information content (AvgIpc) is 3.53. The number of H-pyrrole nitrogens is 1. The molecule has 0 saturated heterocycles. The zero-order valence-electron chi connectivity index (χ0n) is 18.0. The Kier molecular flexibility index (Phi) is 5.52. The number of aromatic amines is 1. The van der Waals surface area contributed by atoms with Gasteiger partial charge in [-0.1, -0.05) is 18.2 Å². The van der Waals surface area contributed by atoms with Crippen molar-refractivity contribution in [3.05, 3.63) is 83.5 Å². The van der Waals surface area contributed by atoms with E-state index in [1.165, 1.54) is 11.3 Å². The van der Waals surface area contributed by atoms with Crippen LogP contribution >= 0.6 is 11.3 Å². The van der Waals surface area contributed by atoms with Crippen LogP contribution in [0.15, 0.2) is 72.2 Å². The first-order valence-electron chi connectivity index (χ1n) is 10.3. The molecule has 0 bridgehead atoms. The van der Waals surface area contributed by atoms with E-state index < -0.39 is 5.91 Å². The highest BCUT2D eigenvalue weighted by atomic mass is 32.1. The van der Waals surface area contributed by atoms with Crippen molar-refractivity contribution in [2.24, 2.45) is 5.73 Å². The van der Waals surface area contributed by atoms with Crippen LogP contribution in [0.1, 0.15) is 20.8 Å². The number of fused-ring (bicyclic) bond motifs is 1. The molecule has 0 saturated carbocycles. The Labute approximate surface area is 198 Å². The van der Waals surface area contributed by atoms with Gasteiger partial charge in [-0.2, -0.15) is 0 Å². The Bertz CT molecular complexity index is 1520. The molecule has 2 amide bonds. The van der Waals surface area contributed by atoms with E-state index in [1.54, 1.807) is 30.8 Å². The third-order valence-electron chi connectivity index (χ3n) is 5.32. The predicted molar refractivity (Wildman–Crippen MR) is 132 cm³/mol. The van der Waals surface area contributed by atoms with E-state index in [2.05, 4.69) is 15.3 Å². The van der Waals surface area contributed by atoms with Crippen molar-refractivity contribution in [1.82, 2.24) is 15.0 Å². The molecule has 5 aromatic rings. The molecule has 2 aromatic carbocycles. The van der Waals surface area contributed by atoms with Crippen molar-refractivity contribution in [2.75, 3.05) is 12.4 Å². The molecule has 0 aliphatic heterocycles. The fourth-order valence-electron chi connectivity index (χ4n) is 3.59. The van der Waals surface area contributed by atoms with Crippen molar-refractivity contribution >= 4 is 39.2 Å². The smallest absolute Gasteiger partial charge is 0.265 e. The number of carbonyl (C=O) groups is 2. The number of methoxy groups -OCH3 is 1. The number of nitrogens with two attached hydrogens (primary N) is 1. The van der Waals surface area contributed by atoms with Gasteiger partial charge in [-0.25, -0.2) is 9.97 Å². The second-order valence-electron chi connectivity index (χ2n) is 7.46. The molecule has 4 N–H and O–H groups in total. The number of rotatable bonds is 6. The minimum absolute atomic E-state index is 0.291. The largest absolute Gasteiger partial charge is 0.497 e. The van der Waals surface area contributed by atoms with E-state index in [4.69, 9.17) is 15.5 Å². The standard InChI is InChI=1S/C25H19N5O3S/c1-33-16-8-6-14(7-9-16)20-11-18(17-4-2-3-5-19(17)28-20)24(32)30-25-29-22(13-34-25)15-10-21(23(26)31)27-12-15/h2-13,27H,1H3,(H2,26,31)(H,29,30,32). The second kappa shape index (κ2) is 8.80. The molecular weight excluding hydrogens is 450 g/mol. The molecule has 0 radical (unpaired) electrons. The van der Waals surface area contributed by atoms with Crippen molar-refractivity contribution in [3.8, 4) is 28.3 Å². The molecule has 0 spiro atoms. The lowest BCUT2D eigenvalue weighted by Gasteiger charge is -2.10. The molecule has 0 atom stereocenters. The Morgan fingerprint density at radius 3 is 2.53 bits per heavy atom. The zero-order valence-corrected chi connectivity index (χ0v) is 18.8. The molecule has 0 aliphatic rings. The lowest BCUT2D eigenvalue weighted by atomic mass is 10.0. The number of aromatic nitrogens is 3. The highest BCUT2D eigenvalue weighted by Gasteiger charge is 2.16. The fourth-order valence-corrected chi connectivity index (χ4v) is 4.30. The summed E-state index contributed by atoms with van der Waals surface area (Å²) < 4.78 is 5.24. The van der Waals surface area contributed by atoms with E-state index >= 15 is 0 Å². The van der Waals surface area contributed by atoms with E-state index in [0.717, 1.165) is 16.7 Å². The van der Waals surface area contributed by atoms with Gasteiger partial charge >= 0.3 is 0 Å². The summed E-state index contributed by atoms with van der Waals surface area (Å²) in [4.78, 5) is 36.7. The SMILES string of the molecule is COc1ccc(-c2cc(C(=O)Nc3nc(-c4c[nH]c(C(N)=O)c4)cs3)c3ccccc3n2)cc1. The number of pyridine rings is 1. The van der Waals surface area contributed by atoms with Crippen LogP contribution < -0.4 is 15.8 Å². The van der Waals surface area contributed by atoms with Crippen molar-refractivity contribution in [3.63, 3.8) is 0 Å². The maximum absolute atomic E-state index is 13.3. The lowest BCUT2D eigenvalue weighted by molar-refractivity contribution is 0.0994. The van der Waals surface area contributed by atoms with Gasteiger partial charge in [-0.05, 0) is 42.5 Å². The van der Waals surface area contributed by atoms with Gasteiger partial charge in [0.15, 0.2) is 5.13 Å². The van der Waals surface area contributed by atoms with Crippen LogP contribution in [0.4, 0.5) is 5.13 Å². The van der Waals surface area contributed by atoms with Gasteiger partial charge in [0.1, 0.15) is 11.4 Å². The highest BCUT2D eigenvalue weighted by molar-refractivity contribution is 7.14. The summed E-state index contributed by atoms with van der Waals surface area (Å²) in [5.74, 6) is -0.0964. The number of primary amides is 1. The van der Waals surface area contributed by atoms with E-state index in [9.17, 15) is 9.59 Å². The summed E-state index contributed by atoms with van der Waals surface area (Å²) in [6, 6.07) is 18.4. The number of nitrogens with one attached hydrogen (secondary N) is 2. The van der Waals surface area contributed by atoms with Crippen LogP contribution in [0.2, 0.25) is 0 Å². The molecule has 168 valence electrons. The quantitative estimate of drug-likeness (QED) is 0.332. The van der Waals surface area contributed by atoms with Gasteiger partial charge in [0.2, 0.25) is 0 Å². The number of para-hydroxylation sites is 1. The maximum Gasteiger partial charge on any atom is 0.265 e. The van der Waals surface area contributed by atoms with E-state index in [1.807, 2.05) is 48.5 Å². The Morgan fingerprint density at radius 1 is 1.00 bits per heavy atom. The van der Waals surface area contributed by atoms with E-state index in [0.29, 0.717) is 38.9 Å². The molecule has 9 heteroatoms. The van der Waals surface area contributed by atoms with Gasteiger partial charge < -0.3 is 15.5 Å². The first kappa shape index (κ1) is 21.4. The van der Waals surface area contributed by atoms with Crippen molar-refractivity contribution in [1.29, 1.82) is 0 Å². The number of nitrogens with zero attached hydrogens (tertiary/aromatic N) is 2. The zero-order chi connectivity index (χ0) is 23.7. The summed E-state index contributed by atoms with van der Waals surface area (Å²) in [7, 11) is 1.61. The van der Waals surface area contributed by atoms with Crippen LogP contribution in [0.25, 0.3) is 33.4 Å². The van der Waals surface area contributed by atoms with Crippen LogP contribution in [0.3, 0.4) is 0 Å². The van der Waals surface area contributed by atoms with Crippen LogP contribution in [-0.4, -0.2) is 33.9 Å². The van der Waals surface area contributed by atoms with Gasteiger partial charge in [0, 0.05) is 28.1 Å². The monoisotopic (exact) mass is 469 g/mol. The average molecular weight is 470 g/mol. The van der Waals surface area contributed by atoms with Gasteiger partial charge in [-0.15, -0.1) is 11.3 Å². The maximum atomic E-state index is 13.3. The second-order valence-corrected chi connectivity index (χ2v) is 8.32. The molecule has 3 aromatic heterocycles. The molecule has 0 aliphatic carbocycles. The van der Waals surface area contributed by atoms with Crippen LogP contribution in [0, 0.1) is 0 Å². The first-order valence-corrected chi connectivity index (χ1v) is 11.2. The Morgan fingerprint density at radius 2 is 1.79 bits per heavy atom. The Balaban J connectivity index is 1.47. The molecule has 34 heavy (non-hydrogen) atoms. The molecule has 8 nitrogen and oxygen atoms in total. The fraction of sp³-hybridized carbons (Fsp3) is 0.0400. The van der Waals surface area contributed by atoms with Crippen LogP contribution in [0.5, 0.6) is 5.75 Å². The summed E-state index contributed by atoms with van der Waals surface area (Å²) in [5, 5.41) is 5.87. The molecule has 0 unspecified atom stereocenters. The van der Waals surface area contributed by atoms with Crippen LogP contribution in [-0.2, 0) is 0 Å². The third kappa shape index (κ3) is 4.12. The third-order valence-corrected chi connectivity index (χ3v) is 6.07. The van der Waals surface area contributed by atoms with Gasteiger partial charge in [0.25, 0.3) is 11.8 Å². The van der Waals surface area contributed by atoms with Crippen molar-refractivity contribution in [2.45, 2.75) is 0 Å². The number of hydrogen-bond acceptors (Lipinski definition) is 6. The predicted octanol–water partition coefficient (Wildman–Crippen LogP) is 4.71. The van der Waals surface area contributed by atoms with Crippen molar-refractivity contribution < 1.29 is 14.3 Å². The number of ether oxygens (including phenoxy) is 1. The summed E-state index contributed by atoms with van der Waals surface area (Å²) >= 11 is 1.29. The summed E-state index contributed by atoms with van der Waals surface area (Å²) in [6.07, 6.45) is 1.65. The molecule has 3 heterocycles. The number of benzene rings is 2. The normalized spacial score (nSPS) is 10.9. The minimum atomic E-state index is -0.549. The highest BCUT2D eigenvalue weighted by Crippen LogP contribution is 2.29. The number of hydrogen-bond donors (Lipinski definition) is 3. The topological polar surface area (TPSA) is 123 Å². The number of carbonyl (C=O) groups excluding carboxylic acids is 2. The number of anilines is 1. The lowest BCUT2D eigenvalue weighted by Crippen LogP contribution is -2.13. The summed E-state index contributed by atoms with van der Waals surface area (Å²) in [6.45, 7) is 0.